The Labute approximate surface area is 93.7 Å². The van der Waals surface area contributed by atoms with Gasteiger partial charge in [-0.15, -0.1) is 11.3 Å². The molecule has 2 rings (SSSR count). The van der Waals surface area contributed by atoms with Crippen LogP contribution >= 0.6 is 22.9 Å². The van der Waals surface area contributed by atoms with Crippen molar-refractivity contribution in [3.05, 3.63) is 15.5 Å². The molecule has 1 aliphatic rings. The molecule has 1 aliphatic carbocycles. The summed E-state index contributed by atoms with van der Waals surface area (Å²) in [5.74, 6) is 0. The topological polar surface area (TPSA) is 24.9 Å². The highest BCUT2D eigenvalue weighted by atomic mass is 35.5. The third-order valence-electron chi connectivity index (χ3n) is 3.13. The molecule has 0 saturated heterocycles. The van der Waals surface area contributed by atoms with E-state index in [0.717, 1.165) is 15.9 Å². The fourth-order valence-electron chi connectivity index (χ4n) is 1.89. The van der Waals surface area contributed by atoms with Gasteiger partial charge in [-0.05, 0) is 25.7 Å². The Morgan fingerprint density at radius 3 is 2.86 bits per heavy atom. The molecule has 1 N–H and O–H groups in total. The van der Waals surface area contributed by atoms with E-state index in [2.05, 4.69) is 17.2 Å². The standard InChI is InChI=1S/C10H15ClN2S/c1-2-10(4-3-5-10)13-7-9-12-6-8(11)14-9/h6,13H,2-5,7H2,1H3. The lowest BCUT2D eigenvalue weighted by Crippen LogP contribution is -2.49. The highest BCUT2D eigenvalue weighted by Crippen LogP contribution is 2.35. The van der Waals surface area contributed by atoms with Crippen LogP contribution in [0.3, 0.4) is 0 Å². The van der Waals surface area contributed by atoms with Gasteiger partial charge in [0.05, 0.1) is 6.20 Å². The summed E-state index contributed by atoms with van der Waals surface area (Å²) in [6.07, 6.45) is 6.92. The lowest BCUT2D eigenvalue weighted by molar-refractivity contribution is 0.175. The minimum Gasteiger partial charge on any atom is -0.305 e. The average molecular weight is 231 g/mol. The van der Waals surface area contributed by atoms with Crippen LogP contribution < -0.4 is 5.32 Å². The van der Waals surface area contributed by atoms with E-state index in [1.54, 1.807) is 17.5 Å². The van der Waals surface area contributed by atoms with Gasteiger partial charge in [0.15, 0.2) is 0 Å². The summed E-state index contributed by atoms with van der Waals surface area (Å²) in [6, 6.07) is 0. The van der Waals surface area contributed by atoms with Gasteiger partial charge < -0.3 is 5.32 Å². The van der Waals surface area contributed by atoms with Crippen LogP contribution in [-0.2, 0) is 6.54 Å². The fraction of sp³-hybridized carbons (Fsp3) is 0.700. The summed E-state index contributed by atoms with van der Waals surface area (Å²) in [6.45, 7) is 3.12. The Bertz CT molecular complexity index is 301. The van der Waals surface area contributed by atoms with Gasteiger partial charge in [0.2, 0.25) is 0 Å². The molecule has 1 saturated carbocycles. The first-order valence-electron chi connectivity index (χ1n) is 5.09. The van der Waals surface area contributed by atoms with Gasteiger partial charge in [-0.25, -0.2) is 4.98 Å². The van der Waals surface area contributed by atoms with Crippen molar-refractivity contribution in [2.75, 3.05) is 0 Å². The monoisotopic (exact) mass is 230 g/mol. The zero-order valence-electron chi connectivity index (χ0n) is 8.35. The molecule has 78 valence electrons. The smallest absolute Gasteiger partial charge is 0.113 e. The van der Waals surface area contributed by atoms with Crippen LogP contribution in [0.15, 0.2) is 6.20 Å². The van der Waals surface area contributed by atoms with E-state index in [-0.39, 0.29) is 0 Å². The molecule has 1 aromatic heterocycles. The average Bonchev–Trinajstić information content (AvgIpc) is 2.50. The molecule has 0 bridgehead atoms. The predicted molar refractivity (Wildman–Crippen MR) is 60.8 cm³/mol. The number of halogens is 1. The van der Waals surface area contributed by atoms with Crippen molar-refractivity contribution in [3.8, 4) is 0 Å². The zero-order chi connectivity index (χ0) is 10.0. The minimum absolute atomic E-state index is 0.401. The van der Waals surface area contributed by atoms with Crippen LogP contribution in [0, 0.1) is 0 Å². The van der Waals surface area contributed by atoms with Crippen molar-refractivity contribution in [1.29, 1.82) is 0 Å². The van der Waals surface area contributed by atoms with Gasteiger partial charge in [0.25, 0.3) is 0 Å². The largest absolute Gasteiger partial charge is 0.305 e. The normalized spacial score (nSPS) is 19.3. The molecule has 0 spiro atoms. The minimum atomic E-state index is 0.401. The number of hydrogen-bond donors (Lipinski definition) is 1. The fourth-order valence-corrected chi connectivity index (χ4v) is 2.79. The second kappa shape index (κ2) is 4.17. The van der Waals surface area contributed by atoms with E-state index >= 15 is 0 Å². The molecule has 1 fully saturated rings. The van der Waals surface area contributed by atoms with Gasteiger partial charge in [-0.1, -0.05) is 18.5 Å². The van der Waals surface area contributed by atoms with E-state index in [1.165, 1.54) is 25.7 Å². The van der Waals surface area contributed by atoms with E-state index in [1.807, 2.05) is 0 Å². The van der Waals surface area contributed by atoms with Crippen LogP contribution in [0.4, 0.5) is 0 Å². The summed E-state index contributed by atoms with van der Waals surface area (Å²) in [5, 5.41) is 4.69. The van der Waals surface area contributed by atoms with Crippen molar-refractivity contribution in [2.24, 2.45) is 0 Å². The number of rotatable bonds is 4. The summed E-state index contributed by atoms with van der Waals surface area (Å²) >= 11 is 7.39. The Kier molecular flexibility index (Phi) is 3.10. The maximum Gasteiger partial charge on any atom is 0.113 e. The molecule has 0 radical (unpaired) electrons. The van der Waals surface area contributed by atoms with E-state index in [0.29, 0.717) is 5.54 Å². The van der Waals surface area contributed by atoms with Crippen LogP contribution in [0.5, 0.6) is 0 Å². The molecule has 0 unspecified atom stereocenters. The lowest BCUT2D eigenvalue weighted by atomic mass is 9.75. The Morgan fingerprint density at radius 2 is 2.43 bits per heavy atom. The Morgan fingerprint density at radius 1 is 1.64 bits per heavy atom. The number of nitrogens with one attached hydrogen (secondary N) is 1. The van der Waals surface area contributed by atoms with Crippen molar-refractivity contribution in [1.82, 2.24) is 10.3 Å². The highest BCUT2D eigenvalue weighted by molar-refractivity contribution is 7.15. The van der Waals surface area contributed by atoms with E-state index in [4.69, 9.17) is 11.6 Å². The van der Waals surface area contributed by atoms with E-state index in [9.17, 15) is 0 Å². The first-order valence-corrected chi connectivity index (χ1v) is 6.29. The number of nitrogens with zero attached hydrogens (tertiary/aromatic N) is 1. The van der Waals surface area contributed by atoms with Crippen LogP contribution in [0.1, 0.15) is 37.6 Å². The summed E-state index contributed by atoms with van der Waals surface area (Å²) in [5.41, 5.74) is 0.401. The summed E-state index contributed by atoms with van der Waals surface area (Å²) in [7, 11) is 0. The second-order valence-electron chi connectivity index (χ2n) is 3.90. The molecule has 1 aromatic rings. The van der Waals surface area contributed by atoms with Gasteiger partial charge in [-0.2, -0.15) is 0 Å². The molecule has 4 heteroatoms. The van der Waals surface area contributed by atoms with E-state index < -0.39 is 0 Å². The highest BCUT2D eigenvalue weighted by Gasteiger charge is 2.34. The Balaban J connectivity index is 1.87. The third-order valence-corrected chi connectivity index (χ3v) is 4.24. The number of thiazole rings is 1. The summed E-state index contributed by atoms with van der Waals surface area (Å²) < 4.78 is 0.779. The van der Waals surface area contributed by atoms with Crippen molar-refractivity contribution >= 4 is 22.9 Å². The quantitative estimate of drug-likeness (QED) is 0.859. The van der Waals surface area contributed by atoms with Crippen LogP contribution in [0.2, 0.25) is 4.34 Å². The maximum absolute atomic E-state index is 5.82. The molecule has 2 nitrogen and oxygen atoms in total. The van der Waals surface area contributed by atoms with Gasteiger partial charge in [0.1, 0.15) is 9.34 Å². The molecule has 14 heavy (non-hydrogen) atoms. The SMILES string of the molecule is CCC1(NCc2ncc(Cl)s2)CCC1. The third kappa shape index (κ3) is 2.10. The van der Waals surface area contributed by atoms with Gasteiger partial charge in [-0.3, -0.25) is 0 Å². The number of hydrogen-bond acceptors (Lipinski definition) is 3. The second-order valence-corrected chi connectivity index (χ2v) is 5.65. The molecule has 0 atom stereocenters. The van der Waals surface area contributed by atoms with Crippen molar-refractivity contribution in [2.45, 2.75) is 44.7 Å². The zero-order valence-corrected chi connectivity index (χ0v) is 9.92. The number of aromatic nitrogens is 1. The predicted octanol–water partition coefficient (Wildman–Crippen LogP) is 3.22. The molecule has 1 heterocycles. The molecular formula is C10H15ClN2S. The van der Waals surface area contributed by atoms with Crippen molar-refractivity contribution in [3.63, 3.8) is 0 Å². The molecule has 0 aromatic carbocycles. The Hall–Kier alpha value is -0.120. The van der Waals surface area contributed by atoms with Crippen molar-refractivity contribution < 1.29 is 0 Å². The van der Waals surface area contributed by atoms with Gasteiger partial charge >= 0.3 is 0 Å². The lowest BCUT2D eigenvalue weighted by Gasteiger charge is -2.42. The molecule has 0 amide bonds. The van der Waals surface area contributed by atoms with Gasteiger partial charge in [0, 0.05) is 12.1 Å². The first-order chi connectivity index (χ1) is 6.74. The van der Waals surface area contributed by atoms with Crippen LogP contribution in [-0.4, -0.2) is 10.5 Å². The first kappa shape index (κ1) is 10.4. The molecule has 0 aliphatic heterocycles. The van der Waals surface area contributed by atoms with Crippen LogP contribution in [0.25, 0.3) is 0 Å². The maximum atomic E-state index is 5.82. The molecular weight excluding hydrogens is 216 g/mol. The summed E-state index contributed by atoms with van der Waals surface area (Å²) in [4.78, 5) is 4.24.